The largest absolute Gasteiger partial charge is 0.487 e. The zero-order valence-electron chi connectivity index (χ0n) is 15.1. The average molecular weight is 361 g/mol. The van der Waals surface area contributed by atoms with E-state index in [0.29, 0.717) is 23.8 Å². The van der Waals surface area contributed by atoms with Gasteiger partial charge >= 0.3 is 0 Å². The van der Waals surface area contributed by atoms with E-state index in [0.717, 1.165) is 22.4 Å². The molecule has 6 nitrogen and oxygen atoms in total. The minimum atomic E-state index is -0.289. The van der Waals surface area contributed by atoms with Crippen LogP contribution in [0.1, 0.15) is 34.6 Å². The van der Waals surface area contributed by atoms with Crippen LogP contribution in [0, 0.1) is 0 Å². The summed E-state index contributed by atoms with van der Waals surface area (Å²) in [5.41, 5.74) is 4.02. The topological polar surface area (TPSA) is 73.3 Å². The van der Waals surface area contributed by atoms with Gasteiger partial charge in [0, 0.05) is 17.8 Å². The Balaban J connectivity index is 1.66. The van der Waals surface area contributed by atoms with Crippen LogP contribution in [-0.2, 0) is 6.61 Å². The van der Waals surface area contributed by atoms with Crippen LogP contribution >= 0.6 is 0 Å². The fraction of sp³-hybridized carbons (Fsp3) is 0.190. The van der Waals surface area contributed by atoms with Gasteiger partial charge in [-0.25, -0.2) is 4.98 Å². The first-order valence-electron chi connectivity index (χ1n) is 8.68. The van der Waals surface area contributed by atoms with E-state index in [1.807, 2.05) is 43.3 Å². The zero-order chi connectivity index (χ0) is 18.8. The van der Waals surface area contributed by atoms with Crippen molar-refractivity contribution in [2.75, 3.05) is 7.11 Å². The summed E-state index contributed by atoms with van der Waals surface area (Å²) in [6, 6.07) is 13.1. The number of aromatic nitrogens is 2. The third-order valence-corrected chi connectivity index (χ3v) is 4.57. The number of nitrogens with one attached hydrogen (secondary N) is 1. The monoisotopic (exact) mass is 361 g/mol. The number of pyridine rings is 2. The first-order valence-corrected chi connectivity index (χ1v) is 8.68. The van der Waals surface area contributed by atoms with Gasteiger partial charge in [0.25, 0.3) is 5.91 Å². The summed E-state index contributed by atoms with van der Waals surface area (Å²) < 4.78 is 10.9. The summed E-state index contributed by atoms with van der Waals surface area (Å²) in [6.07, 6.45) is 3.22. The maximum Gasteiger partial charge on any atom is 0.254 e. The van der Waals surface area contributed by atoms with Gasteiger partial charge in [-0.1, -0.05) is 30.3 Å². The molecule has 1 amide bonds. The fourth-order valence-electron chi connectivity index (χ4n) is 3.18. The van der Waals surface area contributed by atoms with Crippen molar-refractivity contribution >= 4 is 5.91 Å². The van der Waals surface area contributed by atoms with Crippen LogP contribution in [0.15, 0.2) is 54.9 Å². The molecular weight excluding hydrogens is 342 g/mol. The van der Waals surface area contributed by atoms with Gasteiger partial charge in [0.15, 0.2) is 0 Å². The first-order chi connectivity index (χ1) is 13.2. The smallest absolute Gasteiger partial charge is 0.254 e. The normalized spacial score (nSPS) is 13.0. The quantitative estimate of drug-likeness (QED) is 0.769. The van der Waals surface area contributed by atoms with E-state index in [9.17, 15) is 4.79 Å². The Morgan fingerprint density at radius 2 is 2.04 bits per heavy atom. The van der Waals surface area contributed by atoms with Gasteiger partial charge in [0.05, 0.1) is 30.6 Å². The van der Waals surface area contributed by atoms with E-state index in [1.54, 1.807) is 25.6 Å². The molecule has 1 unspecified atom stereocenters. The average Bonchev–Trinajstić information content (AvgIpc) is 2.73. The van der Waals surface area contributed by atoms with Gasteiger partial charge in [-0.2, -0.15) is 0 Å². The zero-order valence-corrected chi connectivity index (χ0v) is 15.1. The second-order valence-corrected chi connectivity index (χ2v) is 6.31. The molecule has 1 atom stereocenters. The van der Waals surface area contributed by atoms with Gasteiger partial charge in [-0.15, -0.1) is 0 Å². The molecule has 0 saturated carbocycles. The van der Waals surface area contributed by atoms with Crippen LogP contribution in [-0.4, -0.2) is 23.0 Å². The number of benzene rings is 1. The summed E-state index contributed by atoms with van der Waals surface area (Å²) in [4.78, 5) is 21.6. The molecule has 3 heterocycles. The highest BCUT2D eigenvalue weighted by molar-refractivity contribution is 6.02. The summed E-state index contributed by atoms with van der Waals surface area (Å²) in [6.45, 7) is 2.35. The van der Waals surface area contributed by atoms with E-state index < -0.39 is 0 Å². The number of ether oxygens (including phenoxy) is 2. The van der Waals surface area contributed by atoms with Gasteiger partial charge < -0.3 is 14.8 Å². The van der Waals surface area contributed by atoms with Crippen LogP contribution in [0.25, 0.3) is 11.1 Å². The van der Waals surface area contributed by atoms with Crippen molar-refractivity contribution in [3.05, 3.63) is 71.7 Å². The molecule has 0 radical (unpaired) electrons. The van der Waals surface area contributed by atoms with Crippen molar-refractivity contribution in [3.8, 4) is 22.8 Å². The molecular formula is C21H19N3O3. The number of hydrogen-bond acceptors (Lipinski definition) is 5. The van der Waals surface area contributed by atoms with Crippen molar-refractivity contribution in [1.29, 1.82) is 0 Å². The van der Waals surface area contributed by atoms with Crippen LogP contribution in [0.2, 0.25) is 0 Å². The van der Waals surface area contributed by atoms with E-state index >= 15 is 0 Å². The van der Waals surface area contributed by atoms with Crippen LogP contribution in [0.3, 0.4) is 0 Å². The maximum atomic E-state index is 13.0. The summed E-state index contributed by atoms with van der Waals surface area (Å²) >= 11 is 0. The third-order valence-electron chi connectivity index (χ3n) is 4.57. The Kier molecular flexibility index (Phi) is 4.46. The molecule has 1 aliphatic heterocycles. The minimum absolute atomic E-state index is 0.225. The first kappa shape index (κ1) is 17.0. The van der Waals surface area contributed by atoms with Crippen molar-refractivity contribution in [2.24, 2.45) is 0 Å². The number of fused-ring (bicyclic) bond motifs is 3. The Bertz CT molecular complexity index is 1000. The lowest BCUT2D eigenvalue weighted by atomic mass is 9.94. The van der Waals surface area contributed by atoms with Crippen molar-refractivity contribution < 1.29 is 14.3 Å². The second-order valence-electron chi connectivity index (χ2n) is 6.31. The molecule has 1 N–H and O–H groups in total. The Morgan fingerprint density at radius 3 is 2.89 bits per heavy atom. The molecule has 1 aliphatic rings. The van der Waals surface area contributed by atoms with Crippen molar-refractivity contribution in [2.45, 2.75) is 19.6 Å². The third kappa shape index (κ3) is 3.21. The molecule has 0 spiro atoms. The molecule has 0 saturated heterocycles. The van der Waals surface area contributed by atoms with Crippen LogP contribution in [0.4, 0.5) is 0 Å². The summed E-state index contributed by atoms with van der Waals surface area (Å²) in [7, 11) is 1.56. The van der Waals surface area contributed by atoms with Crippen molar-refractivity contribution in [3.63, 3.8) is 0 Å². The summed E-state index contributed by atoms with van der Waals surface area (Å²) in [5, 5.41) is 2.99. The number of hydrogen-bond donors (Lipinski definition) is 1. The lowest BCUT2D eigenvalue weighted by molar-refractivity contribution is 0.0938. The molecule has 27 heavy (non-hydrogen) atoms. The van der Waals surface area contributed by atoms with E-state index in [4.69, 9.17) is 9.47 Å². The molecule has 0 aliphatic carbocycles. The van der Waals surface area contributed by atoms with E-state index in [1.165, 1.54) is 0 Å². The van der Waals surface area contributed by atoms with Crippen LogP contribution < -0.4 is 14.8 Å². The second kappa shape index (κ2) is 7.07. The highest BCUT2D eigenvalue weighted by Crippen LogP contribution is 2.39. The fourth-order valence-corrected chi connectivity index (χ4v) is 3.18. The maximum absolute atomic E-state index is 13.0. The lowest BCUT2D eigenvalue weighted by Crippen LogP contribution is -2.28. The number of carbonyl (C=O) groups excluding carboxylic acids is 1. The number of rotatable bonds is 4. The number of methoxy groups -OCH3 is 1. The van der Waals surface area contributed by atoms with Gasteiger partial charge in [-0.05, 0) is 24.1 Å². The molecule has 4 rings (SSSR count). The highest BCUT2D eigenvalue weighted by atomic mass is 16.5. The van der Waals surface area contributed by atoms with Gasteiger partial charge in [0.2, 0.25) is 5.88 Å². The SMILES string of the molecule is COc1cccc(C(C)NC(=O)c2cncc3c2-c2ccccc2CO3)n1. The molecule has 0 fully saturated rings. The Morgan fingerprint density at radius 1 is 1.19 bits per heavy atom. The molecule has 1 aromatic carbocycles. The molecule has 2 aromatic heterocycles. The predicted molar refractivity (Wildman–Crippen MR) is 101 cm³/mol. The standard InChI is InChI=1S/C21H19N3O3/c1-13(17-8-5-9-19(24-17)26-2)23-21(25)16-10-22-11-18-20(16)15-7-4-3-6-14(15)12-27-18/h3-11,13H,12H2,1-2H3,(H,23,25). The molecule has 0 bridgehead atoms. The lowest BCUT2D eigenvalue weighted by Gasteiger charge is -2.23. The van der Waals surface area contributed by atoms with Crippen molar-refractivity contribution in [1.82, 2.24) is 15.3 Å². The van der Waals surface area contributed by atoms with Gasteiger partial charge in [0.1, 0.15) is 12.4 Å². The molecule has 136 valence electrons. The number of amides is 1. The summed E-state index contributed by atoms with van der Waals surface area (Å²) in [5.74, 6) is 0.903. The Hall–Kier alpha value is -3.41. The van der Waals surface area contributed by atoms with Crippen LogP contribution in [0.5, 0.6) is 11.6 Å². The predicted octanol–water partition coefficient (Wildman–Crippen LogP) is 3.54. The minimum Gasteiger partial charge on any atom is -0.487 e. The van der Waals surface area contributed by atoms with Gasteiger partial charge in [-0.3, -0.25) is 9.78 Å². The highest BCUT2D eigenvalue weighted by Gasteiger charge is 2.25. The number of carbonyl (C=O) groups is 1. The van der Waals surface area contributed by atoms with E-state index in [-0.39, 0.29) is 11.9 Å². The number of nitrogens with zero attached hydrogens (tertiary/aromatic N) is 2. The Labute approximate surface area is 157 Å². The molecule has 6 heteroatoms. The van der Waals surface area contributed by atoms with E-state index in [2.05, 4.69) is 15.3 Å². The molecule has 3 aromatic rings.